The van der Waals surface area contributed by atoms with E-state index in [0.29, 0.717) is 46.6 Å². The lowest BCUT2D eigenvalue weighted by molar-refractivity contribution is -0.136. The summed E-state index contributed by atoms with van der Waals surface area (Å²) in [4.78, 5) is 41.0. The fourth-order valence-electron chi connectivity index (χ4n) is 3.86. The van der Waals surface area contributed by atoms with Crippen molar-refractivity contribution >= 4 is 40.0 Å². The van der Waals surface area contributed by atoms with Crippen molar-refractivity contribution < 1.29 is 19.5 Å². The van der Waals surface area contributed by atoms with Gasteiger partial charge in [-0.3, -0.25) is 19.4 Å². The van der Waals surface area contributed by atoms with Gasteiger partial charge in [0, 0.05) is 40.7 Å². The Morgan fingerprint density at radius 2 is 1.49 bits per heavy atom. The van der Waals surface area contributed by atoms with Crippen LogP contribution in [0.5, 0.6) is 0 Å². The monoisotopic (exact) mass is 486 g/mol. The molecule has 3 aromatic carbocycles. The van der Waals surface area contributed by atoms with E-state index in [0.717, 1.165) is 16.5 Å². The average molecular weight is 487 g/mol. The molecule has 0 saturated carbocycles. The Balaban J connectivity index is 1.45. The molecule has 0 aliphatic heterocycles. The van der Waals surface area contributed by atoms with E-state index in [1.807, 2.05) is 48.5 Å². The van der Waals surface area contributed by atoms with E-state index < -0.39 is 5.97 Å². The van der Waals surface area contributed by atoms with Crippen LogP contribution in [0.15, 0.2) is 79.0 Å². The van der Waals surface area contributed by atoms with Crippen LogP contribution in [0.25, 0.3) is 10.8 Å². The van der Waals surface area contributed by atoms with Gasteiger partial charge in [0.2, 0.25) is 5.78 Å². The summed E-state index contributed by atoms with van der Waals surface area (Å²) < 4.78 is 0. The second-order valence-electron chi connectivity index (χ2n) is 8.11. The van der Waals surface area contributed by atoms with E-state index in [1.54, 1.807) is 30.5 Å². The number of halogens is 1. The van der Waals surface area contributed by atoms with Gasteiger partial charge >= 0.3 is 5.97 Å². The Morgan fingerprint density at radius 1 is 0.829 bits per heavy atom. The van der Waals surface area contributed by atoms with Gasteiger partial charge in [-0.05, 0) is 53.6 Å². The molecule has 0 aliphatic rings. The van der Waals surface area contributed by atoms with Gasteiger partial charge in [0.15, 0.2) is 0 Å². The smallest absolute Gasteiger partial charge is 0.303 e. The molecule has 1 amide bonds. The number of hydrogen-bond acceptors (Lipinski definition) is 4. The van der Waals surface area contributed by atoms with Gasteiger partial charge in [-0.15, -0.1) is 0 Å². The third kappa shape index (κ3) is 5.91. The third-order valence-electron chi connectivity index (χ3n) is 5.72. The van der Waals surface area contributed by atoms with Crippen molar-refractivity contribution in [3.63, 3.8) is 0 Å². The van der Waals surface area contributed by atoms with Crippen molar-refractivity contribution in [1.29, 1.82) is 0 Å². The van der Waals surface area contributed by atoms with Gasteiger partial charge in [-0.2, -0.15) is 0 Å². The summed E-state index contributed by atoms with van der Waals surface area (Å²) in [7, 11) is 0. The fourth-order valence-corrected chi connectivity index (χ4v) is 3.98. The van der Waals surface area contributed by atoms with Gasteiger partial charge in [-0.1, -0.05) is 60.1 Å². The maximum absolute atomic E-state index is 13.2. The van der Waals surface area contributed by atoms with Crippen molar-refractivity contribution in [3.8, 4) is 0 Å². The van der Waals surface area contributed by atoms with Crippen molar-refractivity contribution in [2.75, 3.05) is 6.54 Å². The molecule has 0 radical (unpaired) electrons. The molecule has 35 heavy (non-hydrogen) atoms. The van der Waals surface area contributed by atoms with Crippen LogP contribution in [0.4, 0.5) is 0 Å². The molecule has 0 saturated heterocycles. The second kappa shape index (κ2) is 10.9. The predicted molar refractivity (Wildman–Crippen MR) is 135 cm³/mol. The molecule has 4 aromatic rings. The Labute approximate surface area is 207 Å². The molecule has 0 spiro atoms. The minimum atomic E-state index is -0.886. The summed E-state index contributed by atoms with van der Waals surface area (Å²) in [5, 5.41) is 14.0. The number of carbonyl (C=O) groups excluding carboxylic acids is 2. The summed E-state index contributed by atoms with van der Waals surface area (Å²) in [6.45, 7) is 0.477. The number of ketones is 1. The first-order valence-electron chi connectivity index (χ1n) is 11.2. The molecule has 1 aromatic heterocycles. The summed E-state index contributed by atoms with van der Waals surface area (Å²) >= 11 is 5.89. The van der Waals surface area contributed by atoms with Crippen LogP contribution < -0.4 is 5.32 Å². The quantitative estimate of drug-likeness (QED) is 0.320. The van der Waals surface area contributed by atoms with Gasteiger partial charge in [0.05, 0.1) is 0 Å². The molecule has 2 N–H and O–H groups in total. The van der Waals surface area contributed by atoms with E-state index >= 15 is 0 Å². The number of carbonyl (C=O) groups is 3. The number of amides is 1. The van der Waals surface area contributed by atoms with Crippen molar-refractivity contribution in [1.82, 2.24) is 10.3 Å². The number of fused-ring (bicyclic) bond motifs is 1. The highest BCUT2D eigenvalue weighted by Gasteiger charge is 2.17. The summed E-state index contributed by atoms with van der Waals surface area (Å²) in [5.74, 6) is -1.37. The molecule has 0 aliphatic carbocycles. The largest absolute Gasteiger partial charge is 0.481 e. The Bertz CT molecular complexity index is 1380. The van der Waals surface area contributed by atoms with E-state index in [-0.39, 0.29) is 18.1 Å². The zero-order valence-electron chi connectivity index (χ0n) is 18.8. The molecule has 0 atom stereocenters. The Hall–Kier alpha value is -4.03. The van der Waals surface area contributed by atoms with E-state index in [1.165, 1.54) is 0 Å². The molecule has 176 valence electrons. The number of rotatable bonds is 9. The van der Waals surface area contributed by atoms with E-state index in [4.69, 9.17) is 16.7 Å². The highest BCUT2D eigenvalue weighted by molar-refractivity contribution is 6.30. The minimum absolute atomic E-state index is 0.0117. The van der Waals surface area contributed by atoms with Crippen LogP contribution in [0, 0.1) is 0 Å². The molecule has 0 unspecified atom stereocenters. The van der Waals surface area contributed by atoms with Crippen molar-refractivity contribution in [3.05, 3.63) is 112 Å². The molecule has 4 rings (SSSR count). The number of pyridine rings is 1. The van der Waals surface area contributed by atoms with E-state index in [2.05, 4.69) is 10.3 Å². The zero-order valence-corrected chi connectivity index (χ0v) is 19.6. The summed E-state index contributed by atoms with van der Waals surface area (Å²) in [6.07, 6.45) is 2.57. The SMILES string of the molecule is O=C(O)CCc1cnc(C(=O)c2ccc(C(=O)NCCc3ccc(Cl)cc3)cc2)c2ccccc12. The maximum Gasteiger partial charge on any atom is 0.303 e. The summed E-state index contributed by atoms with van der Waals surface area (Å²) in [6, 6.07) is 21.3. The second-order valence-corrected chi connectivity index (χ2v) is 8.55. The number of aryl methyl sites for hydroxylation is 1. The number of nitrogens with one attached hydrogen (secondary N) is 1. The zero-order chi connectivity index (χ0) is 24.8. The van der Waals surface area contributed by atoms with Gasteiger partial charge < -0.3 is 10.4 Å². The minimum Gasteiger partial charge on any atom is -0.481 e. The van der Waals surface area contributed by atoms with Crippen LogP contribution in [0.1, 0.15) is 44.0 Å². The molecular weight excluding hydrogens is 464 g/mol. The highest BCUT2D eigenvalue weighted by Crippen LogP contribution is 2.24. The maximum atomic E-state index is 13.2. The molecule has 1 heterocycles. The van der Waals surface area contributed by atoms with Gasteiger partial charge in [0.1, 0.15) is 5.69 Å². The lowest BCUT2D eigenvalue weighted by Crippen LogP contribution is -2.25. The number of carboxylic acid groups (broad SMARTS) is 1. The number of aromatic nitrogens is 1. The van der Waals surface area contributed by atoms with Crippen LogP contribution in [0.2, 0.25) is 5.02 Å². The van der Waals surface area contributed by atoms with Gasteiger partial charge in [-0.25, -0.2) is 0 Å². The normalized spacial score (nSPS) is 10.8. The molecule has 7 heteroatoms. The van der Waals surface area contributed by atoms with Crippen LogP contribution in [-0.2, 0) is 17.6 Å². The van der Waals surface area contributed by atoms with E-state index in [9.17, 15) is 14.4 Å². The van der Waals surface area contributed by atoms with Gasteiger partial charge in [0.25, 0.3) is 5.91 Å². The topological polar surface area (TPSA) is 96.4 Å². The number of hydrogen-bond donors (Lipinski definition) is 2. The fraction of sp³-hybridized carbons (Fsp3) is 0.143. The number of aliphatic carboxylic acids is 1. The Morgan fingerprint density at radius 3 is 2.17 bits per heavy atom. The number of benzene rings is 3. The molecule has 0 fully saturated rings. The third-order valence-corrected chi connectivity index (χ3v) is 5.97. The average Bonchev–Trinajstić information content (AvgIpc) is 2.88. The van der Waals surface area contributed by atoms with Crippen molar-refractivity contribution in [2.24, 2.45) is 0 Å². The first-order chi connectivity index (χ1) is 16.9. The number of carboxylic acids is 1. The standard InChI is InChI=1S/C28H23ClN2O4/c29-22-12-5-18(6-13-22)15-16-30-28(35)20-9-7-19(8-10-20)27(34)26-24-4-2-1-3-23(24)21(17-31-26)11-14-25(32)33/h1-10,12-13,17H,11,14-16H2,(H,30,35)(H,32,33). The molecular formula is C28H23ClN2O4. The highest BCUT2D eigenvalue weighted by atomic mass is 35.5. The van der Waals surface area contributed by atoms with Crippen LogP contribution >= 0.6 is 11.6 Å². The molecule has 0 bridgehead atoms. The van der Waals surface area contributed by atoms with Crippen LogP contribution in [0.3, 0.4) is 0 Å². The first-order valence-corrected chi connectivity index (χ1v) is 11.6. The predicted octanol–water partition coefficient (Wildman–Crippen LogP) is 5.11. The Kier molecular flexibility index (Phi) is 7.53. The van der Waals surface area contributed by atoms with Crippen molar-refractivity contribution in [2.45, 2.75) is 19.3 Å². The lowest BCUT2D eigenvalue weighted by Gasteiger charge is -2.10. The summed E-state index contributed by atoms with van der Waals surface area (Å²) in [5.41, 5.74) is 3.02. The first kappa shape index (κ1) is 24.1. The molecule has 6 nitrogen and oxygen atoms in total. The van der Waals surface area contributed by atoms with Crippen LogP contribution in [-0.4, -0.2) is 34.3 Å². The number of nitrogens with zero attached hydrogens (tertiary/aromatic N) is 1. The lowest BCUT2D eigenvalue weighted by atomic mass is 9.97.